The third-order valence-electron chi connectivity index (χ3n) is 4.09. The number of hydrogen-bond donors (Lipinski definition) is 1. The normalized spacial score (nSPS) is 11.6. The van der Waals surface area contributed by atoms with E-state index in [9.17, 15) is 9.90 Å². The Bertz CT molecular complexity index is 1120. The molecule has 3 aromatic heterocycles. The van der Waals surface area contributed by atoms with Crippen molar-refractivity contribution in [2.75, 3.05) is 6.26 Å². The van der Waals surface area contributed by atoms with Crippen LogP contribution < -0.4 is 5.56 Å². The minimum Gasteiger partial charge on any atom is -0.508 e. The topological polar surface area (TPSA) is 60.0 Å². The first kappa shape index (κ1) is 15.3. The van der Waals surface area contributed by atoms with Crippen LogP contribution >= 0.6 is 23.1 Å². The number of thioether (sulfide) groups is 1. The van der Waals surface area contributed by atoms with Crippen LogP contribution in [0.2, 0.25) is 0 Å². The molecule has 0 amide bonds. The van der Waals surface area contributed by atoms with E-state index in [0.717, 1.165) is 21.2 Å². The molecule has 1 aromatic carbocycles. The van der Waals surface area contributed by atoms with Crippen molar-refractivity contribution in [1.29, 1.82) is 0 Å². The van der Waals surface area contributed by atoms with Gasteiger partial charge in [0, 0.05) is 12.4 Å². The van der Waals surface area contributed by atoms with Gasteiger partial charge in [0.2, 0.25) is 0 Å². The molecule has 4 rings (SSSR count). The van der Waals surface area contributed by atoms with Crippen molar-refractivity contribution in [3.8, 4) is 5.75 Å². The van der Waals surface area contributed by atoms with Gasteiger partial charge < -0.3 is 9.67 Å². The molecule has 0 fully saturated rings. The molecule has 24 heavy (non-hydrogen) atoms. The Kier molecular flexibility index (Phi) is 3.62. The van der Waals surface area contributed by atoms with Crippen molar-refractivity contribution in [3.63, 3.8) is 0 Å². The molecular formula is C17H15N3O2S2. The minimum absolute atomic E-state index is 0.118. The number of aryl methyl sites for hydroxylation is 1. The highest BCUT2D eigenvalue weighted by Gasteiger charge is 2.16. The molecule has 0 aliphatic heterocycles. The fraction of sp³-hybridized carbons (Fsp3) is 0.176. The predicted molar refractivity (Wildman–Crippen MR) is 99.3 cm³/mol. The van der Waals surface area contributed by atoms with Crippen molar-refractivity contribution in [2.45, 2.75) is 10.8 Å². The molecule has 3 heterocycles. The molecule has 0 radical (unpaired) electrons. The van der Waals surface area contributed by atoms with Crippen LogP contribution in [0.1, 0.15) is 5.56 Å². The first-order valence-electron chi connectivity index (χ1n) is 7.38. The molecule has 1 N–H and O–H groups in total. The zero-order chi connectivity index (χ0) is 16.8. The Morgan fingerprint density at radius 1 is 1.33 bits per heavy atom. The SMILES string of the molecule is CSc1cc2c(s1)c1cnn(Cc3cccc(O)c3)c(=O)c1n2C. The summed E-state index contributed by atoms with van der Waals surface area (Å²) in [5.74, 6) is 0.186. The van der Waals surface area contributed by atoms with E-state index in [0.29, 0.717) is 12.1 Å². The van der Waals surface area contributed by atoms with Gasteiger partial charge in [-0.05, 0) is 30.0 Å². The average molecular weight is 357 g/mol. The van der Waals surface area contributed by atoms with Gasteiger partial charge in [-0.2, -0.15) is 5.10 Å². The number of benzene rings is 1. The first-order valence-corrected chi connectivity index (χ1v) is 9.42. The number of phenolic OH excluding ortho intramolecular Hbond substituents is 1. The zero-order valence-electron chi connectivity index (χ0n) is 13.2. The highest BCUT2D eigenvalue weighted by Crippen LogP contribution is 2.36. The fourth-order valence-electron chi connectivity index (χ4n) is 2.93. The van der Waals surface area contributed by atoms with E-state index < -0.39 is 0 Å². The van der Waals surface area contributed by atoms with Crippen LogP contribution in [0.15, 0.2) is 45.5 Å². The number of rotatable bonds is 3. The van der Waals surface area contributed by atoms with E-state index >= 15 is 0 Å². The molecule has 5 nitrogen and oxygen atoms in total. The van der Waals surface area contributed by atoms with Gasteiger partial charge in [0.05, 0.1) is 27.2 Å². The van der Waals surface area contributed by atoms with E-state index in [1.54, 1.807) is 47.5 Å². The van der Waals surface area contributed by atoms with Gasteiger partial charge in [0.25, 0.3) is 5.56 Å². The molecule has 0 saturated heterocycles. The number of fused-ring (bicyclic) bond motifs is 3. The van der Waals surface area contributed by atoms with Crippen LogP contribution in [-0.4, -0.2) is 25.7 Å². The maximum absolute atomic E-state index is 12.9. The number of aromatic nitrogens is 3. The van der Waals surface area contributed by atoms with Gasteiger partial charge in [-0.3, -0.25) is 4.79 Å². The molecular weight excluding hydrogens is 342 g/mol. The highest BCUT2D eigenvalue weighted by atomic mass is 32.2. The lowest BCUT2D eigenvalue weighted by atomic mass is 10.2. The number of phenols is 1. The van der Waals surface area contributed by atoms with Crippen LogP contribution in [0.3, 0.4) is 0 Å². The second-order valence-electron chi connectivity index (χ2n) is 5.58. The van der Waals surface area contributed by atoms with Gasteiger partial charge in [0.15, 0.2) is 0 Å². The Balaban J connectivity index is 1.89. The molecule has 122 valence electrons. The van der Waals surface area contributed by atoms with Gasteiger partial charge in [-0.15, -0.1) is 23.1 Å². The molecule has 0 spiro atoms. The summed E-state index contributed by atoms with van der Waals surface area (Å²) in [6.07, 6.45) is 3.82. The van der Waals surface area contributed by atoms with Crippen molar-refractivity contribution in [3.05, 3.63) is 52.4 Å². The molecule has 0 saturated carbocycles. The summed E-state index contributed by atoms with van der Waals surface area (Å²) in [7, 11) is 1.92. The highest BCUT2D eigenvalue weighted by molar-refractivity contribution is 8.00. The van der Waals surface area contributed by atoms with Gasteiger partial charge in [0.1, 0.15) is 11.3 Å². The van der Waals surface area contributed by atoms with Gasteiger partial charge in [-0.25, -0.2) is 4.68 Å². The quantitative estimate of drug-likeness (QED) is 0.571. The lowest BCUT2D eigenvalue weighted by molar-refractivity contribution is 0.474. The van der Waals surface area contributed by atoms with E-state index in [1.165, 1.54) is 8.89 Å². The molecule has 0 aliphatic carbocycles. The summed E-state index contributed by atoms with van der Waals surface area (Å²) < 4.78 is 5.72. The number of nitrogens with zero attached hydrogens (tertiary/aromatic N) is 3. The summed E-state index contributed by atoms with van der Waals surface area (Å²) in [6, 6.07) is 9.00. The minimum atomic E-state index is -0.118. The zero-order valence-corrected chi connectivity index (χ0v) is 14.8. The smallest absolute Gasteiger partial charge is 0.291 e. The van der Waals surface area contributed by atoms with Crippen LogP contribution in [0.25, 0.3) is 21.1 Å². The second-order valence-corrected chi connectivity index (χ2v) is 7.74. The number of hydrogen-bond acceptors (Lipinski definition) is 5. The molecule has 0 atom stereocenters. The molecule has 0 bridgehead atoms. The maximum Gasteiger partial charge on any atom is 0.291 e. The van der Waals surface area contributed by atoms with E-state index in [2.05, 4.69) is 11.2 Å². The lowest BCUT2D eigenvalue weighted by Gasteiger charge is -2.06. The second kappa shape index (κ2) is 5.68. The van der Waals surface area contributed by atoms with Crippen LogP contribution in [-0.2, 0) is 13.6 Å². The third-order valence-corrected chi connectivity index (χ3v) is 6.32. The molecule has 7 heteroatoms. The van der Waals surface area contributed by atoms with Crippen molar-refractivity contribution < 1.29 is 5.11 Å². The average Bonchev–Trinajstić information content (AvgIpc) is 3.10. The summed E-state index contributed by atoms with van der Waals surface area (Å²) in [5, 5.41) is 14.8. The van der Waals surface area contributed by atoms with Crippen LogP contribution in [0.5, 0.6) is 5.75 Å². The van der Waals surface area contributed by atoms with E-state index in [4.69, 9.17) is 0 Å². The van der Waals surface area contributed by atoms with Gasteiger partial charge >= 0.3 is 0 Å². The third kappa shape index (κ3) is 2.32. The Morgan fingerprint density at radius 2 is 2.17 bits per heavy atom. The largest absolute Gasteiger partial charge is 0.508 e. The summed E-state index contributed by atoms with van der Waals surface area (Å²) >= 11 is 3.39. The molecule has 0 aliphatic rings. The predicted octanol–water partition coefficient (Wildman–Crippen LogP) is 3.43. The van der Waals surface area contributed by atoms with Crippen LogP contribution in [0, 0.1) is 0 Å². The molecule has 4 aromatic rings. The number of aromatic hydroxyl groups is 1. The lowest BCUT2D eigenvalue weighted by Crippen LogP contribution is -2.24. The van der Waals surface area contributed by atoms with Crippen molar-refractivity contribution >= 4 is 44.2 Å². The maximum atomic E-state index is 12.9. The van der Waals surface area contributed by atoms with Crippen molar-refractivity contribution in [1.82, 2.24) is 14.3 Å². The fourth-order valence-corrected chi connectivity index (χ4v) is 4.68. The Labute approximate surface area is 146 Å². The van der Waals surface area contributed by atoms with E-state index in [-0.39, 0.29) is 11.3 Å². The Morgan fingerprint density at radius 3 is 2.92 bits per heavy atom. The summed E-state index contributed by atoms with van der Waals surface area (Å²) in [5.41, 5.74) is 2.45. The number of thiophene rings is 1. The van der Waals surface area contributed by atoms with E-state index in [1.807, 2.05) is 23.9 Å². The van der Waals surface area contributed by atoms with Crippen molar-refractivity contribution in [2.24, 2.45) is 7.05 Å². The summed E-state index contributed by atoms with van der Waals surface area (Å²) in [4.78, 5) is 12.9. The first-order chi connectivity index (χ1) is 11.6. The van der Waals surface area contributed by atoms with Gasteiger partial charge in [-0.1, -0.05) is 12.1 Å². The monoisotopic (exact) mass is 357 g/mol. The Hall–Kier alpha value is -2.25. The molecule has 0 unspecified atom stereocenters. The van der Waals surface area contributed by atoms with Crippen LogP contribution in [0.4, 0.5) is 0 Å². The standard InChI is InChI=1S/C17H15N3O2S2/c1-19-13-7-14(23-2)24-16(13)12-8-18-20(17(22)15(12)19)9-10-4-3-5-11(21)6-10/h3-8,21H,9H2,1-2H3. The summed E-state index contributed by atoms with van der Waals surface area (Å²) in [6.45, 7) is 0.331.